The van der Waals surface area contributed by atoms with Crippen molar-refractivity contribution in [3.05, 3.63) is 35.5 Å². The highest BCUT2D eigenvalue weighted by Gasteiger charge is 2.19. The molecule has 0 radical (unpaired) electrons. The molecule has 10 heteroatoms. The number of halogens is 3. The van der Waals surface area contributed by atoms with Crippen molar-refractivity contribution < 1.29 is 18.0 Å². The molecule has 0 aliphatic heterocycles. The van der Waals surface area contributed by atoms with Crippen LogP contribution in [-0.2, 0) is 0 Å². The molecule has 4 N–H and O–H groups in total. The van der Waals surface area contributed by atoms with Gasteiger partial charge in [0.2, 0.25) is 0 Å². The van der Waals surface area contributed by atoms with Gasteiger partial charge in [0.05, 0.1) is 0 Å². The third-order valence-corrected chi connectivity index (χ3v) is 2.56. The normalized spacial score (nSPS) is 10.6. The molecule has 0 saturated carbocycles. The third kappa shape index (κ3) is 3.22. The van der Waals surface area contributed by atoms with Crippen molar-refractivity contribution in [2.24, 2.45) is 0 Å². The molecule has 2 aromatic heterocycles. The molecule has 0 spiro atoms. The number of hydrogen-bond acceptors (Lipinski definition) is 6. The topological polar surface area (TPSA) is 106 Å². The first-order valence-electron chi connectivity index (χ1n) is 5.98. The van der Waals surface area contributed by atoms with Crippen LogP contribution >= 0.6 is 0 Å². The van der Waals surface area contributed by atoms with E-state index in [1.54, 1.807) is 0 Å². The number of anilines is 3. The number of amides is 1. The highest BCUT2D eigenvalue weighted by molar-refractivity contribution is 5.99. The van der Waals surface area contributed by atoms with E-state index in [9.17, 15) is 18.0 Å². The summed E-state index contributed by atoms with van der Waals surface area (Å²) in [6.07, 6.45) is -1.81. The number of aromatic nitrogens is 3. The van der Waals surface area contributed by atoms with Gasteiger partial charge in [-0.1, -0.05) is 0 Å². The maximum atomic E-state index is 13.8. The van der Waals surface area contributed by atoms with Crippen LogP contribution in [0.2, 0.25) is 0 Å². The van der Waals surface area contributed by atoms with E-state index in [0.717, 1.165) is 18.3 Å². The Hall–Kier alpha value is -2.91. The smallest absolute Gasteiger partial charge is 0.297 e. The number of nitrogen functional groups attached to an aromatic ring is 1. The summed E-state index contributed by atoms with van der Waals surface area (Å²) in [6, 6.07) is 2.15. The van der Waals surface area contributed by atoms with Crippen molar-refractivity contribution in [1.82, 2.24) is 20.3 Å². The van der Waals surface area contributed by atoms with Crippen LogP contribution in [0, 0.1) is 5.82 Å². The van der Waals surface area contributed by atoms with Crippen LogP contribution in [-0.4, -0.2) is 27.9 Å². The zero-order chi connectivity index (χ0) is 16.3. The lowest BCUT2D eigenvalue weighted by molar-refractivity contribution is 0.0959. The Bertz CT molecular complexity index is 709. The molecule has 2 heterocycles. The first-order chi connectivity index (χ1) is 10.4. The van der Waals surface area contributed by atoms with Gasteiger partial charge in [-0.3, -0.25) is 4.79 Å². The number of pyridine rings is 1. The van der Waals surface area contributed by atoms with Crippen LogP contribution in [0.1, 0.15) is 22.6 Å². The fraction of sp³-hybridized carbons (Fsp3) is 0.167. The molecule has 1 amide bonds. The first-order valence-corrected chi connectivity index (χ1v) is 5.98. The maximum absolute atomic E-state index is 13.8. The number of carbonyl (C=O) groups excluding carboxylic acids is 1. The predicted molar refractivity (Wildman–Crippen MR) is 72.3 cm³/mol. The largest absolute Gasteiger partial charge is 0.384 e. The molecule has 0 bridgehead atoms. The van der Waals surface area contributed by atoms with Gasteiger partial charge >= 0.3 is 0 Å². The summed E-state index contributed by atoms with van der Waals surface area (Å²) >= 11 is 0. The summed E-state index contributed by atoms with van der Waals surface area (Å²) in [6.45, 7) is 0. The average molecular weight is 312 g/mol. The van der Waals surface area contributed by atoms with Crippen molar-refractivity contribution in [3.8, 4) is 0 Å². The van der Waals surface area contributed by atoms with Gasteiger partial charge in [-0.25, -0.2) is 28.1 Å². The van der Waals surface area contributed by atoms with E-state index in [4.69, 9.17) is 5.73 Å². The Labute approximate surface area is 122 Å². The lowest BCUT2D eigenvalue weighted by Gasteiger charge is -2.11. The Morgan fingerprint density at radius 2 is 2.09 bits per heavy atom. The van der Waals surface area contributed by atoms with Crippen LogP contribution in [0.5, 0.6) is 0 Å². The maximum Gasteiger partial charge on any atom is 0.297 e. The minimum absolute atomic E-state index is 0.133. The summed E-state index contributed by atoms with van der Waals surface area (Å²) in [4.78, 5) is 22.4. The second-order valence-corrected chi connectivity index (χ2v) is 4.06. The zero-order valence-electron chi connectivity index (χ0n) is 11.3. The minimum Gasteiger partial charge on any atom is -0.384 e. The molecule has 2 aromatic rings. The summed E-state index contributed by atoms with van der Waals surface area (Å²) < 4.78 is 39.0. The van der Waals surface area contributed by atoms with Crippen LogP contribution < -0.4 is 16.4 Å². The number of nitrogens with two attached hydrogens (primary N) is 1. The second-order valence-electron chi connectivity index (χ2n) is 4.06. The van der Waals surface area contributed by atoms with Crippen LogP contribution in [0.15, 0.2) is 18.3 Å². The van der Waals surface area contributed by atoms with Gasteiger partial charge in [0.15, 0.2) is 5.82 Å². The molecule has 2 rings (SSSR count). The molecular weight excluding hydrogens is 301 g/mol. The summed E-state index contributed by atoms with van der Waals surface area (Å²) in [5, 5.41) is 4.74. The standard InChI is InChI=1S/C12H11F3N6O/c1-17-12(22)8-5(13)2-3-18-10(8)20-7-4-6(16)19-11(21-7)9(14)15/h2-4,9H,1H3,(H,17,22)(H3,16,18,19,20,21). The SMILES string of the molecule is CNC(=O)c1c(F)ccnc1Nc1cc(N)nc(C(F)F)n1. The fourth-order valence-electron chi connectivity index (χ4n) is 1.64. The number of hydrogen-bond donors (Lipinski definition) is 3. The Morgan fingerprint density at radius 3 is 2.73 bits per heavy atom. The number of rotatable bonds is 4. The fourth-order valence-corrected chi connectivity index (χ4v) is 1.64. The Kier molecular flexibility index (Phi) is 4.39. The monoisotopic (exact) mass is 312 g/mol. The molecule has 0 saturated heterocycles. The molecule has 0 fully saturated rings. The van der Waals surface area contributed by atoms with E-state index < -0.39 is 24.0 Å². The zero-order valence-corrected chi connectivity index (χ0v) is 11.3. The van der Waals surface area contributed by atoms with Crippen molar-refractivity contribution in [2.75, 3.05) is 18.1 Å². The average Bonchev–Trinajstić information content (AvgIpc) is 2.46. The molecule has 7 nitrogen and oxygen atoms in total. The predicted octanol–water partition coefficient (Wildman–Crippen LogP) is 1.63. The highest BCUT2D eigenvalue weighted by atomic mass is 19.3. The van der Waals surface area contributed by atoms with Crippen LogP contribution in [0.4, 0.5) is 30.6 Å². The van der Waals surface area contributed by atoms with Gasteiger partial charge in [0, 0.05) is 19.3 Å². The first kappa shape index (κ1) is 15.5. The molecule has 116 valence electrons. The second kappa shape index (κ2) is 6.24. The third-order valence-electron chi connectivity index (χ3n) is 2.56. The number of nitrogens with one attached hydrogen (secondary N) is 2. The van der Waals surface area contributed by atoms with Crippen LogP contribution in [0.25, 0.3) is 0 Å². The van der Waals surface area contributed by atoms with Gasteiger partial charge in [-0.05, 0) is 6.07 Å². The van der Waals surface area contributed by atoms with Crippen molar-refractivity contribution in [1.29, 1.82) is 0 Å². The van der Waals surface area contributed by atoms with Crippen LogP contribution in [0.3, 0.4) is 0 Å². The van der Waals surface area contributed by atoms with Gasteiger partial charge in [0.1, 0.15) is 28.8 Å². The van der Waals surface area contributed by atoms with Crippen molar-refractivity contribution in [2.45, 2.75) is 6.43 Å². The van der Waals surface area contributed by atoms with Gasteiger partial charge in [-0.2, -0.15) is 0 Å². The summed E-state index contributed by atoms with van der Waals surface area (Å²) in [5.74, 6) is -2.87. The van der Waals surface area contributed by atoms with E-state index in [-0.39, 0.29) is 23.0 Å². The molecule has 0 aliphatic carbocycles. The molecule has 0 aliphatic rings. The molecule has 0 unspecified atom stereocenters. The Balaban J connectivity index is 2.43. The van der Waals surface area contributed by atoms with E-state index in [2.05, 4.69) is 25.6 Å². The Morgan fingerprint density at radius 1 is 1.36 bits per heavy atom. The van der Waals surface area contributed by atoms with Crippen molar-refractivity contribution in [3.63, 3.8) is 0 Å². The van der Waals surface area contributed by atoms with E-state index in [0.29, 0.717) is 0 Å². The lowest BCUT2D eigenvalue weighted by Crippen LogP contribution is -2.21. The molecule has 0 aromatic carbocycles. The van der Waals surface area contributed by atoms with Gasteiger partial charge in [0.25, 0.3) is 12.3 Å². The lowest BCUT2D eigenvalue weighted by atomic mass is 10.2. The summed E-state index contributed by atoms with van der Waals surface area (Å²) in [5.41, 5.74) is 5.03. The number of alkyl halides is 2. The van der Waals surface area contributed by atoms with E-state index in [1.165, 1.54) is 7.05 Å². The molecule has 0 atom stereocenters. The van der Waals surface area contributed by atoms with Crippen molar-refractivity contribution >= 4 is 23.4 Å². The summed E-state index contributed by atoms with van der Waals surface area (Å²) in [7, 11) is 1.32. The van der Waals surface area contributed by atoms with E-state index in [1.807, 2.05) is 0 Å². The van der Waals surface area contributed by atoms with Gasteiger partial charge < -0.3 is 16.4 Å². The number of nitrogens with zero attached hydrogens (tertiary/aromatic N) is 3. The van der Waals surface area contributed by atoms with E-state index >= 15 is 0 Å². The molecule has 22 heavy (non-hydrogen) atoms. The number of carbonyl (C=O) groups is 1. The molecular formula is C12H11F3N6O. The highest BCUT2D eigenvalue weighted by Crippen LogP contribution is 2.23. The van der Waals surface area contributed by atoms with Gasteiger partial charge in [-0.15, -0.1) is 0 Å². The quantitative estimate of drug-likeness (QED) is 0.792. The minimum atomic E-state index is -2.93.